The van der Waals surface area contributed by atoms with Crippen molar-refractivity contribution in [2.45, 2.75) is 0 Å². The normalized spacial score (nSPS) is 11.1. The van der Waals surface area contributed by atoms with Gasteiger partial charge in [0.1, 0.15) is 0 Å². The third kappa shape index (κ3) is 6.76. The summed E-state index contributed by atoms with van der Waals surface area (Å²) in [6.07, 6.45) is 0. The van der Waals surface area contributed by atoms with Crippen LogP contribution in [0.4, 0.5) is 51.2 Å². The third-order valence-electron chi connectivity index (χ3n) is 10.8. The van der Waals surface area contributed by atoms with E-state index < -0.39 is 0 Å². The largest absolute Gasteiger partial charge is 0.310 e. The zero-order valence-corrected chi connectivity index (χ0v) is 32.9. The van der Waals surface area contributed by atoms with E-state index in [0.29, 0.717) is 5.02 Å². The molecule has 10 aromatic rings. The quantitative estimate of drug-likeness (QED) is 0.137. The molecule has 0 aliphatic heterocycles. The minimum Gasteiger partial charge on any atom is -0.310 e. The van der Waals surface area contributed by atoms with E-state index in [1.807, 2.05) is 6.07 Å². The summed E-state index contributed by atoms with van der Waals surface area (Å²) in [5.74, 6) is 0. The lowest BCUT2D eigenvalue weighted by atomic mass is 10.1. The van der Waals surface area contributed by atoms with Crippen LogP contribution >= 0.6 is 11.6 Å². The highest BCUT2D eigenvalue weighted by molar-refractivity contribution is 6.36. The lowest BCUT2D eigenvalue weighted by Crippen LogP contribution is -2.15. The summed E-state index contributed by atoms with van der Waals surface area (Å²) in [7, 11) is 0. The number of hydrogen-bond donors (Lipinski definition) is 0. The lowest BCUT2D eigenvalue weighted by molar-refractivity contribution is 1.18. The Kier molecular flexibility index (Phi) is 9.59. The second-order valence-corrected chi connectivity index (χ2v) is 14.7. The van der Waals surface area contributed by atoms with Crippen LogP contribution in [0.3, 0.4) is 0 Å². The van der Waals surface area contributed by atoms with Crippen molar-refractivity contribution < 1.29 is 0 Å². The predicted molar refractivity (Wildman–Crippen MR) is 250 cm³/mol. The Morgan fingerprint density at radius 3 is 1.22 bits per heavy atom. The van der Waals surface area contributed by atoms with E-state index in [4.69, 9.17) is 11.6 Å². The molecule has 10 rings (SSSR count). The Balaban J connectivity index is 1.15. The van der Waals surface area contributed by atoms with Gasteiger partial charge in [-0.05, 0) is 109 Å². The van der Waals surface area contributed by atoms with Gasteiger partial charge in [0.05, 0.1) is 27.4 Å². The third-order valence-corrected chi connectivity index (χ3v) is 11.2. The first kappa shape index (κ1) is 35.9. The number of anilines is 9. The first-order chi connectivity index (χ1) is 29.2. The fourth-order valence-electron chi connectivity index (χ4n) is 8.19. The fourth-order valence-corrected chi connectivity index (χ4v) is 8.48. The van der Waals surface area contributed by atoms with E-state index >= 15 is 0 Å². The number of para-hydroxylation sites is 6. The van der Waals surface area contributed by atoms with Crippen LogP contribution in [-0.4, -0.2) is 4.57 Å². The van der Waals surface area contributed by atoms with Gasteiger partial charge in [-0.1, -0.05) is 139 Å². The summed E-state index contributed by atoms with van der Waals surface area (Å²) in [4.78, 5) is 6.81. The Morgan fingerprint density at radius 2 is 0.678 bits per heavy atom. The van der Waals surface area contributed by atoms with E-state index in [2.05, 4.69) is 250 Å². The van der Waals surface area contributed by atoms with E-state index in [1.165, 1.54) is 10.8 Å². The van der Waals surface area contributed by atoms with Crippen molar-refractivity contribution in [1.82, 2.24) is 4.57 Å². The molecule has 0 amide bonds. The number of rotatable bonds is 10. The molecule has 0 atom stereocenters. The van der Waals surface area contributed by atoms with Gasteiger partial charge in [0, 0.05) is 56.3 Å². The zero-order chi connectivity index (χ0) is 39.5. The van der Waals surface area contributed by atoms with E-state index in [0.717, 1.165) is 67.9 Å². The highest BCUT2D eigenvalue weighted by Gasteiger charge is 2.24. The van der Waals surface area contributed by atoms with Crippen LogP contribution in [-0.2, 0) is 0 Å². The number of benzene rings is 9. The molecule has 0 aliphatic carbocycles. The van der Waals surface area contributed by atoms with Crippen molar-refractivity contribution in [3.05, 3.63) is 242 Å². The maximum Gasteiger partial charge on any atom is 0.0887 e. The van der Waals surface area contributed by atoms with Gasteiger partial charge in [0.25, 0.3) is 0 Å². The summed E-state index contributed by atoms with van der Waals surface area (Å²) in [5, 5.41) is 3.02. The molecule has 0 N–H and O–H groups in total. The molecule has 0 bridgehead atoms. The smallest absolute Gasteiger partial charge is 0.0887 e. The summed E-state index contributed by atoms with van der Waals surface area (Å²) in [5.41, 5.74) is 12.3. The van der Waals surface area contributed by atoms with Crippen LogP contribution in [0.1, 0.15) is 0 Å². The van der Waals surface area contributed by atoms with Gasteiger partial charge >= 0.3 is 0 Å². The SMILES string of the molecule is Clc1c(N(c2ccccc2)c2cccc(N(c3ccccc3)c3ccccc3)c2)cccc1N(c1ccccc1)c1ccc2c3ccccc3n(-c3ccccc3)c2c1. The monoisotopic (exact) mass is 778 g/mol. The minimum absolute atomic E-state index is 0.622. The molecule has 0 aliphatic rings. The van der Waals surface area contributed by atoms with Crippen molar-refractivity contribution in [2.75, 3.05) is 14.7 Å². The van der Waals surface area contributed by atoms with Gasteiger partial charge in [0.2, 0.25) is 0 Å². The van der Waals surface area contributed by atoms with Crippen LogP contribution in [0.15, 0.2) is 237 Å². The average molecular weight is 779 g/mol. The van der Waals surface area contributed by atoms with Gasteiger partial charge in [-0.15, -0.1) is 0 Å². The van der Waals surface area contributed by atoms with Crippen molar-refractivity contribution in [1.29, 1.82) is 0 Å². The Labute approximate surface area is 349 Å². The van der Waals surface area contributed by atoms with E-state index in [1.54, 1.807) is 0 Å². The summed E-state index contributed by atoms with van der Waals surface area (Å²) >= 11 is 7.80. The van der Waals surface area contributed by atoms with Crippen LogP contribution in [0.25, 0.3) is 27.5 Å². The zero-order valence-electron chi connectivity index (χ0n) is 32.2. The standard InChI is InChI=1S/C54H39ClN4/c55-54-51(57(42-24-10-3-11-25-42)46-31-18-30-45(38-46)56(40-20-6-1-7-21-40)41-22-8-2-9-23-41)34-19-35-52(54)58(43-26-12-4-13-27-43)47-36-37-49-48-32-16-17-33-50(48)59(53(49)39-47)44-28-14-5-15-29-44/h1-39H. The second kappa shape index (κ2) is 15.8. The Bertz CT molecular complexity index is 2970. The summed E-state index contributed by atoms with van der Waals surface area (Å²) in [6, 6.07) is 82.9. The molecule has 282 valence electrons. The van der Waals surface area contributed by atoms with Crippen molar-refractivity contribution in [3.63, 3.8) is 0 Å². The Morgan fingerprint density at radius 1 is 0.288 bits per heavy atom. The highest BCUT2D eigenvalue weighted by Crippen LogP contribution is 2.48. The fraction of sp³-hybridized carbons (Fsp3) is 0. The number of hydrogen-bond acceptors (Lipinski definition) is 3. The molecule has 0 saturated heterocycles. The van der Waals surface area contributed by atoms with Gasteiger partial charge in [-0.3, -0.25) is 0 Å². The lowest BCUT2D eigenvalue weighted by Gasteiger charge is -2.32. The first-order valence-electron chi connectivity index (χ1n) is 19.8. The molecule has 0 spiro atoms. The van der Waals surface area contributed by atoms with E-state index in [-0.39, 0.29) is 0 Å². The number of halogens is 1. The summed E-state index contributed by atoms with van der Waals surface area (Å²) < 4.78 is 2.35. The molecule has 59 heavy (non-hydrogen) atoms. The maximum absolute atomic E-state index is 7.80. The minimum atomic E-state index is 0.622. The number of fused-ring (bicyclic) bond motifs is 3. The second-order valence-electron chi connectivity index (χ2n) is 14.4. The van der Waals surface area contributed by atoms with Crippen LogP contribution in [0.5, 0.6) is 0 Å². The predicted octanol–water partition coefficient (Wildman–Crippen LogP) is 15.8. The molecular weight excluding hydrogens is 740 g/mol. The molecule has 0 unspecified atom stereocenters. The van der Waals surface area contributed by atoms with Gasteiger partial charge in [-0.2, -0.15) is 0 Å². The van der Waals surface area contributed by atoms with Gasteiger partial charge < -0.3 is 19.3 Å². The maximum atomic E-state index is 7.80. The summed E-state index contributed by atoms with van der Waals surface area (Å²) in [6.45, 7) is 0. The molecule has 1 heterocycles. The molecule has 0 fully saturated rings. The highest BCUT2D eigenvalue weighted by atomic mass is 35.5. The van der Waals surface area contributed by atoms with Crippen molar-refractivity contribution in [3.8, 4) is 5.69 Å². The average Bonchev–Trinajstić information content (AvgIpc) is 3.63. The van der Waals surface area contributed by atoms with Crippen molar-refractivity contribution in [2.24, 2.45) is 0 Å². The first-order valence-corrected chi connectivity index (χ1v) is 20.2. The number of nitrogens with zero attached hydrogens (tertiary/aromatic N) is 4. The number of aromatic nitrogens is 1. The van der Waals surface area contributed by atoms with Gasteiger partial charge in [0.15, 0.2) is 0 Å². The Hall–Kier alpha value is -7.53. The topological polar surface area (TPSA) is 14.7 Å². The van der Waals surface area contributed by atoms with Gasteiger partial charge in [-0.25, -0.2) is 0 Å². The molecule has 9 aromatic carbocycles. The molecule has 0 saturated carbocycles. The van der Waals surface area contributed by atoms with E-state index in [9.17, 15) is 0 Å². The molecule has 1 aromatic heterocycles. The molecule has 5 heteroatoms. The van der Waals surface area contributed by atoms with Crippen LogP contribution < -0.4 is 14.7 Å². The van der Waals surface area contributed by atoms with Crippen molar-refractivity contribution >= 4 is 84.6 Å². The molecule has 4 nitrogen and oxygen atoms in total. The van der Waals surface area contributed by atoms with Crippen LogP contribution in [0, 0.1) is 0 Å². The van der Waals surface area contributed by atoms with Crippen LogP contribution in [0.2, 0.25) is 5.02 Å². The molecular formula is C54H39ClN4. The molecule has 0 radical (unpaired) electrons.